The number of fused-ring (bicyclic) bond motifs is 1. The van der Waals surface area contributed by atoms with Crippen LogP contribution < -0.4 is 4.73 Å². The average Bonchev–Trinajstić information content (AvgIpc) is 2.46. The Labute approximate surface area is 109 Å². The zero-order chi connectivity index (χ0) is 13.2. The number of diazo groups is 1. The highest BCUT2D eigenvalue weighted by Crippen LogP contribution is 2.29. The van der Waals surface area contributed by atoms with Gasteiger partial charge in [0.2, 0.25) is 11.1 Å². The van der Waals surface area contributed by atoms with Gasteiger partial charge in [0, 0.05) is 17.5 Å². The number of hydrogen-bond acceptors (Lipinski definition) is 2. The molecule has 1 aromatic heterocycles. The number of hydrogen-bond donors (Lipinski definition) is 0. The van der Waals surface area contributed by atoms with E-state index in [9.17, 15) is 5.21 Å². The highest BCUT2D eigenvalue weighted by molar-refractivity contribution is 5.85. The lowest BCUT2D eigenvalue weighted by Gasteiger charge is -2.05. The molecule has 0 bridgehead atoms. The van der Waals surface area contributed by atoms with Gasteiger partial charge in [-0.15, -0.1) is 0 Å². The van der Waals surface area contributed by atoms with Gasteiger partial charge in [-0.25, -0.2) is 0 Å². The summed E-state index contributed by atoms with van der Waals surface area (Å²) in [7, 11) is 0. The molecule has 3 aromatic rings. The van der Waals surface area contributed by atoms with E-state index < -0.39 is 0 Å². The molecule has 0 aliphatic heterocycles. The SMILES string of the molecule is N#[N+]c1ccccc1-c1cc2ccccc2c[n+]1[O-]. The molecule has 0 spiro atoms. The third-order valence-corrected chi connectivity index (χ3v) is 3.07. The van der Waals surface area contributed by atoms with Gasteiger partial charge in [-0.1, -0.05) is 30.3 Å². The van der Waals surface area contributed by atoms with Gasteiger partial charge in [-0.05, 0) is 17.5 Å². The Bertz CT molecular complexity index is 806. The van der Waals surface area contributed by atoms with E-state index in [0.29, 0.717) is 16.9 Å². The Kier molecular flexibility index (Phi) is 2.58. The molecule has 0 amide bonds. The van der Waals surface area contributed by atoms with Gasteiger partial charge in [0.25, 0.3) is 0 Å². The molecule has 0 atom stereocenters. The molecular weight excluding hydrogens is 238 g/mol. The number of benzene rings is 2. The Balaban J connectivity index is 2.31. The van der Waals surface area contributed by atoms with Crippen molar-refractivity contribution < 1.29 is 4.73 Å². The third kappa shape index (κ3) is 1.87. The summed E-state index contributed by atoms with van der Waals surface area (Å²) in [5.74, 6) is 0. The summed E-state index contributed by atoms with van der Waals surface area (Å²) in [5, 5.41) is 22.9. The zero-order valence-electron chi connectivity index (χ0n) is 10.0. The van der Waals surface area contributed by atoms with Crippen LogP contribution in [-0.2, 0) is 0 Å². The zero-order valence-corrected chi connectivity index (χ0v) is 10.0. The Hall–Kier alpha value is -2.93. The first-order valence-electron chi connectivity index (χ1n) is 5.86. The largest absolute Gasteiger partial charge is 0.618 e. The van der Waals surface area contributed by atoms with E-state index in [4.69, 9.17) is 5.39 Å². The monoisotopic (exact) mass is 248 g/mol. The molecule has 19 heavy (non-hydrogen) atoms. The summed E-state index contributed by atoms with van der Waals surface area (Å²) in [6.07, 6.45) is 1.53. The fraction of sp³-hybridized carbons (Fsp3) is 0. The van der Waals surface area contributed by atoms with E-state index >= 15 is 0 Å². The van der Waals surface area contributed by atoms with Crippen LogP contribution in [-0.4, -0.2) is 0 Å². The Morgan fingerprint density at radius 3 is 2.42 bits per heavy atom. The topological polar surface area (TPSA) is 55.1 Å². The minimum Gasteiger partial charge on any atom is -0.618 e. The smallest absolute Gasteiger partial charge is 0.398 e. The lowest BCUT2D eigenvalue weighted by Crippen LogP contribution is -2.28. The maximum atomic E-state index is 12.1. The molecule has 4 nitrogen and oxygen atoms in total. The van der Waals surface area contributed by atoms with Gasteiger partial charge in [0.1, 0.15) is 5.56 Å². The van der Waals surface area contributed by atoms with Gasteiger partial charge in [-0.3, -0.25) is 0 Å². The highest BCUT2D eigenvalue weighted by atomic mass is 16.5. The van der Waals surface area contributed by atoms with E-state index in [1.165, 1.54) is 6.20 Å². The lowest BCUT2D eigenvalue weighted by molar-refractivity contribution is -0.592. The normalized spacial score (nSPS) is 10.3. The summed E-state index contributed by atoms with van der Waals surface area (Å²) >= 11 is 0. The van der Waals surface area contributed by atoms with Crippen LogP contribution in [0.15, 0.2) is 60.8 Å². The fourth-order valence-corrected chi connectivity index (χ4v) is 2.14. The van der Waals surface area contributed by atoms with Crippen LogP contribution in [0.5, 0.6) is 0 Å². The molecule has 1 heterocycles. The third-order valence-electron chi connectivity index (χ3n) is 3.07. The molecule has 0 N–H and O–H groups in total. The number of nitrogens with zero attached hydrogens (tertiary/aromatic N) is 3. The average molecular weight is 248 g/mol. The van der Waals surface area contributed by atoms with Crippen molar-refractivity contribution in [2.45, 2.75) is 0 Å². The summed E-state index contributed by atoms with van der Waals surface area (Å²) in [6, 6.07) is 16.4. The van der Waals surface area contributed by atoms with Crippen molar-refractivity contribution in [1.82, 2.24) is 0 Å². The van der Waals surface area contributed by atoms with Crippen molar-refractivity contribution in [2.24, 2.45) is 0 Å². The first-order valence-corrected chi connectivity index (χ1v) is 5.86. The summed E-state index contributed by atoms with van der Waals surface area (Å²) in [4.78, 5) is 3.22. The van der Waals surface area contributed by atoms with E-state index in [-0.39, 0.29) is 0 Å². The van der Waals surface area contributed by atoms with Crippen LogP contribution in [0.1, 0.15) is 0 Å². The number of rotatable bonds is 1. The van der Waals surface area contributed by atoms with Crippen molar-refractivity contribution in [1.29, 1.82) is 5.39 Å². The molecule has 0 aliphatic carbocycles. The van der Waals surface area contributed by atoms with Crippen molar-refractivity contribution in [2.75, 3.05) is 0 Å². The van der Waals surface area contributed by atoms with Crippen molar-refractivity contribution in [3.63, 3.8) is 0 Å². The minimum absolute atomic E-state index is 0.377. The Morgan fingerprint density at radius 2 is 1.63 bits per heavy atom. The molecule has 2 aromatic carbocycles. The quantitative estimate of drug-likeness (QED) is 0.375. The van der Waals surface area contributed by atoms with Crippen LogP contribution in [0, 0.1) is 10.6 Å². The van der Waals surface area contributed by atoms with E-state index in [2.05, 4.69) is 4.98 Å². The maximum Gasteiger partial charge on any atom is 0.398 e. The second-order valence-electron chi connectivity index (χ2n) is 4.23. The van der Waals surface area contributed by atoms with Crippen molar-refractivity contribution >= 4 is 16.5 Å². The van der Waals surface area contributed by atoms with Crippen LogP contribution in [0.3, 0.4) is 0 Å². The van der Waals surface area contributed by atoms with Gasteiger partial charge in [0.05, 0.1) is 0 Å². The molecule has 90 valence electrons. The van der Waals surface area contributed by atoms with E-state index in [0.717, 1.165) is 15.5 Å². The van der Waals surface area contributed by atoms with Crippen LogP contribution in [0.4, 0.5) is 5.69 Å². The van der Waals surface area contributed by atoms with Gasteiger partial charge in [-0.2, -0.15) is 4.73 Å². The van der Waals surface area contributed by atoms with E-state index in [1.54, 1.807) is 30.3 Å². The number of pyridine rings is 1. The second-order valence-corrected chi connectivity index (χ2v) is 4.23. The molecule has 4 heteroatoms. The first-order chi connectivity index (χ1) is 9.29. The molecule has 0 saturated heterocycles. The molecule has 3 rings (SSSR count). The van der Waals surface area contributed by atoms with Crippen molar-refractivity contribution in [3.8, 4) is 11.3 Å². The second kappa shape index (κ2) is 4.39. The van der Waals surface area contributed by atoms with Crippen LogP contribution in [0.2, 0.25) is 0 Å². The maximum absolute atomic E-state index is 12.1. The number of aromatic nitrogens is 1. The summed E-state index contributed by atoms with van der Waals surface area (Å²) in [5.41, 5.74) is 1.44. The Morgan fingerprint density at radius 1 is 0.947 bits per heavy atom. The fourth-order valence-electron chi connectivity index (χ4n) is 2.14. The van der Waals surface area contributed by atoms with Crippen LogP contribution in [0.25, 0.3) is 27.0 Å². The lowest BCUT2D eigenvalue weighted by atomic mass is 10.1. The standard InChI is InChI=1S/C15H10N3O/c16-17-14-8-4-3-7-13(14)15-9-11-5-1-2-6-12(11)10-18(15)19/h1-10H/q+1. The van der Waals surface area contributed by atoms with E-state index in [1.807, 2.05) is 24.3 Å². The molecule has 0 radical (unpaired) electrons. The molecule has 0 fully saturated rings. The van der Waals surface area contributed by atoms with Gasteiger partial charge < -0.3 is 5.21 Å². The predicted octanol–water partition coefficient (Wildman–Crippen LogP) is 3.62. The van der Waals surface area contributed by atoms with Crippen LogP contribution >= 0.6 is 0 Å². The molecule has 0 saturated carbocycles. The minimum atomic E-state index is 0.377. The summed E-state index contributed by atoms with van der Waals surface area (Å²) < 4.78 is 0.798. The van der Waals surface area contributed by atoms with Gasteiger partial charge >= 0.3 is 5.69 Å². The summed E-state index contributed by atoms with van der Waals surface area (Å²) in [6.45, 7) is 0. The van der Waals surface area contributed by atoms with Gasteiger partial charge in [0.15, 0.2) is 11.2 Å². The van der Waals surface area contributed by atoms with Crippen molar-refractivity contribution in [3.05, 3.63) is 71.0 Å². The molecule has 0 unspecified atom stereocenters. The first kappa shape index (κ1) is 11.2. The highest BCUT2D eigenvalue weighted by Gasteiger charge is 2.21. The molecule has 0 aliphatic rings. The predicted molar refractivity (Wildman–Crippen MR) is 73.1 cm³/mol. The molecular formula is C15H10N3O+.